The zero-order valence-electron chi connectivity index (χ0n) is 15.4. The average molecular weight is 384 g/mol. The minimum Gasteiger partial charge on any atom is -0.497 e. The Bertz CT molecular complexity index is 1010. The highest BCUT2D eigenvalue weighted by Gasteiger charge is 2.33. The van der Waals surface area contributed by atoms with Crippen molar-refractivity contribution in [2.24, 2.45) is 0 Å². The monoisotopic (exact) mass is 383 g/mol. The van der Waals surface area contributed by atoms with E-state index in [0.29, 0.717) is 23.9 Å². The lowest BCUT2D eigenvalue weighted by Gasteiger charge is -2.30. The summed E-state index contributed by atoms with van der Waals surface area (Å²) in [6.45, 7) is 2.90. The van der Waals surface area contributed by atoms with Crippen molar-refractivity contribution in [1.82, 2.24) is 4.90 Å². The normalized spacial score (nSPS) is 15.3. The van der Waals surface area contributed by atoms with Gasteiger partial charge in [-0.15, -0.1) is 0 Å². The molecule has 1 unspecified atom stereocenters. The van der Waals surface area contributed by atoms with Gasteiger partial charge in [-0.1, -0.05) is 23.7 Å². The lowest BCUT2D eigenvalue weighted by molar-refractivity contribution is 0.191. The topological polar surface area (TPSA) is 42.7 Å². The number of hydrogen-bond donors (Lipinski definition) is 0. The van der Waals surface area contributed by atoms with Gasteiger partial charge in [-0.05, 0) is 55.2 Å². The molecule has 0 radical (unpaired) electrons. The summed E-state index contributed by atoms with van der Waals surface area (Å²) >= 11 is 6.04. The Morgan fingerprint density at radius 2 is 1.93 bits per heavy atom. The molecule has 4 rings (SSSR count). The van der Waals surface area contributed by atoms with Crippen LogP contribution in [0, 0.1) is 0 Å². The minimum atomic E-state index is -0.333. The molecule has 0 aliphatic heterocycles. The van der Waals surface area contributed by atoms with Crippen LogP contribution in [0.3, 0.4) is 0 Å². The fourth-order valence-electron chi connectivity index (χ4n) is 3.59. The largest absolute Gasteiger partial charge is 0.497 e. The molecule has 3 aromatic rings. The van der Waals surface area contributed by atoms with Crippen LogP contribution in [0.25, 0.3) is 11.0 Å². The molecule has 0 amide bonds. The van der Waals surface area contributed by atoms with E-state index in [1.54, 1.807) is 19.2 Å². The van der Waals surface area contributed by atoms with Crippen molar-refractivity contribution < 1.29 is 9.15 Å². The number of hydrogen-bond acceptors (Lipinski definition) is 4. The molecule has 140 valence electrons. The Morgan fingerprint density at radius 3 is 2.59 bits per heavy atom. The summed E-state index contributed by atoms with van der Waals surface area (Å²) in [5.74, 6) is 0.677. The number of fused-ring (bicyclic) bond motifs is 1. The van der Waals surface area contributed by atoms with E-state index in [-0.39, 0.29) is 11.7 Å². The van der Waals surface area contributed by atoms with E-state index >= 15 is 0 Å². The molecule has 0 bridgehead atoms. The Kier molecular flexibility index (Phi) is 4.94. The second-order valence-corrected chi connectivity index (χ2v) is 7.52. The van der Waals surface area contributed by atoms with E-state index in [4.69, 9.17) is 20.8 Å². The highest BCUT2D eigenvalue weighted by atomic mass is 35.5. The van der Waals surface area contributed by atoms with Gasteiger partial charge in [0.1, 0.15) is 11.3 Å². The molecule has 1 aliphatic rings. The maximum atomic E-state index is 12.1. The zero-order valence-corrected chi connectivity index (χ0v) is 16.2. The lowest BCUT2D eigenvalue weighted by Crippen LogP contribution is -2.29. The molecule has 1 heterocycles. The molecule has 0 spiro atoms. The first-order valence-corrected chi connectivity index (χ1v) is 9.55. The lowest BCUT2D eigenvalue weighted by atomic mass is 10.0. The number of benzene rings is 2. The third-order valence-corrected chi connectivity index (χ3v) is 5.51. The maximum Gasteiger partial charge on any atom is 0.336 e. The highest BCUT2D eigenvalue weighted by molar-refractivity contribution is 6.30. The predicted octanol–water partition coefficient (Wildman–Crippen LogP) is 5.18. The molecule has 1 aliphatic carbocycles. The fourth-order valence-corrected chi connectivity index (χ4v) is 3.71. The fraction of sp³-hybridized carbons (Fsp3) is 0.318. The van der Waals surface area contributed by atoms with Crippen LogP contribution >= 0.6 is 11.6 Å². The summed E-state index contributed by atoms with van der Waals surface area (Å²) < 4.78 is 10.6. The van der Waals surface area contributed by atoms with Gasteiger partial charge in [-0.2, -0.15) is 0 Å². The van der Waals surface area contributed by atoms with Crippen molar-refractivity contribution in [2.75, 3.05) is 7.11 Å². The minimum absolute atomic E-state index is 0.232. The molecule has 1 atom stereocenters. The first kappa shape index (κ1) is 18.1. The van der Waals surface area contributed by atoms with Gasteiger partial charge >= 0.3 is 5.63 Å². The Hall–Kier alpha value is -2.30. The first-order valence-electron chi connectivity index (χ1n) is 9.17. The van der Waals surface area contributed by atoms with Gasteiger partial charge in [0.15, 0.2) is 0 Å². The molecule has 1 fully saturated rings. The van der Waals surface area contributed by atoms with Crippen LogP contribution in [0.1, 0.15) is 36.9 Å². The van der Waals surface area contributed by atoms with E-state index in [9.17, 15) is 4.79 Å². The first-order chi connectivity index (χ1) is 13.0. The van der Waals surface area contributed by atoms with Gasteiger partial charge in [0.2, 0.25) is 0 Å². The molecule has 0 saturated heterocycles. The van der Waals surface area contributed by atoms with Gasteiger partial charge in [0, 0.05) is 41.2 Å². The van der Waals surface area contributed by atoms with Crippen molar-refractivity contribution >= 4 is 22.6 Å². The Labute approximate surface area is 163 Å². The zero-order chi connectivity index (χ0) is 19.0. The summed E-state index contributed by atoms with van der Waals surface area (Å²) in [6.07, 6.45) is 2.37. The van der Waals surface area contributed by atoms with Crippen molar-refractivity contribution in [3.63, 3.8) is 0 Å². The van der Waals surface area contributed by atoms with Crippen LogP contribution in [0.2, 0.25) is 5.02 Å². The van der Waals surface area contributed by atoms with Crippen LogP contribution in [-0.2, 0) is 6.54 Å². The summed E-state index contributed by atoms with van der Waals surface area (Å²) in [4.78, 5) is 14.6. The molecule has 27 heavy (non-hydrogen) atoms. The second-order valence-electron chi connectivity index (χ2n) is 7.08. The van der Waals surface area contributed by atoms with Crippen molar-refractivity contribution in [2.45, 2.75) is 38.4 Å². The number of halogens is 1. The molecule has 1 aromatic heterocycles. The van der Waals surface area contributed by atoms with E-state index < -0.39 is 0 Å². The van der Waals surface area contributed by atoms with Crippen LogP contribution in [0.15, 0.2) is 57.7 Å². The summed E-state index contributed by atoms with van der Waals surface area (Å²) in [5, 5.41) is 1.69. The Morgan fingerprint density at radius 1 is 1.19 bits per heavy atom. The van der Waals surface area contributed by atoms with Gasteiger partial charge < -0.3 is 9.15 Å². The summed E-state index contributed by atoms with van der Waals surface area (Å²) in [6, 6.07) is 16.0. The standard InChI is InChI=1S/C22H22ClNO3/c1-14(15-3-5-17(23)6-4-15)24(18-7-8-18)13-16-11-22(25)27-21-12-19(26-2)9-10-20(16)21/h3-6,9-12,14,18H,7-8,13H2,1-2H3. The van der Waals surface area contributed by atoms with E-state index in [0.717, 1.165) is 16.0 Å². The van der Waals surface area contributed by atoms with E-state index in [1.165, 1.54) is 18.4 Å². The SMILES string of the molecule is COc1ccc2c(CN(C3CC3)C(C)c3ccc(Cl)cc3)cc(=O)oc2c1. The average Bonchev–Trinajstić information content (AvgIpc) is 3.50. The van der Waals surface area contributed by atoms with Crippen molar-refractivity contribution in [3.8, 4) is 5.75 Å². The molecule has 1 saturated carbocycles. The smallest absolute Gasteiger partial charge is 0.336 e. The summed E-state index contributed by atoms with van der Waals surface area (Å²) in [7, 11) is 1.60. The Balaban J connectivity index is 1.70. The number of ether oxygens (including phenoxy) is 1. The number of rotatable bonds is 6. The molecule has 2 aromatic carbocycles. The van der Waals surface area contributed by atoms with Crippen molar-refractivity contribution in [3.05, 3.63) is 75.1 Å². The maximum absolute atomic E-state index is 12.1. The van der Waals surface area contributed by atoms with Gasteiger partial charge in [0.05, 0.1) is 7.11 Å². The van der Waals surface area contributed by atoms with Gasteiger partial charge in [-0.25, -0.2) is 4.79 Å². The molecular weight excluding hydrogens is 362 g/mol. The number of nitrogens with zero attached hydrogens (tertiary/aromatic N) is 1. The van der Waals surface area contributed by atoms with E-state index in [1.807, 2.05) is 24.3 Å². The molecular formula is C22H22ClNO3. The van der Waals surface area contributed by atoms with Gasteiger partial charge in [-0.3, -0.25) is 4.90 Å². The molecule has 5 heteroatoms. The third kappa shape index (κ3) is 3.87. The van der Waals surface area contributed by atoms with Crippen LogP contribution < -0.4 is 10.4 Å². The highest BCUT2D eigenvalue weighted by Crippen LogP contribution is 2.37. The van der Waals surface area contributed by atoms with Crippen LogP contribution in [0.5, 0.6) is 5.75 Å². The van der Waals surface area contributed by atoms with Crippen LogP contribution in [0.4, 0.5) is 0 Å². The number of methoxy groups -OCH3 is 1. The predicted molar refractivity (Wildman–Crippen MR) is 107 cm³/mol. The summed E-state index contributed by atoms with van der Waals surface area (Å²) in [5.41, 5.74) is 2.43. The van der Waals surface area contributed by atoms with E-state index in [2.05, 4.69) is 24.0 Å². The van der Waals surface area contributed by atoms with Gasteiger partial charge in [0.25, 0.3) is 0 Å². The third-order valence-electron chi connectivity index (χ3n) is 5.26. The van der Waals surface area contributed by atoms with Crippen molar-refractivity contribution in [1.29, 1.82) is 0 Å². The molecule has 0 N–H and O–H groups in total. The quantitative estimate of drug-likeness (QED) is 0.550. The molecule has 4 nitrogen and oxygen atoms in total. The van der Waals surface area contributed by atoms with Crippen LogP contribution in [-0.4, -0.2) is 18.1 Å². The second kappa shape index (κ2) is 7.37.